The highest BCUT2D eigenvalue weighted by Gasteiger charge is 2.35. The number of methoxy groups -OCH3 is 3. The Labute approximate surface area is 210 Å². The summed E-state index contributed by atoms with van der Waals surface area (Å²) in [5.74, 6) is 1.90. The zero-order valence-corrected chi connectivity index (χ0v) is 21.9. The molecule has 0 bridgehead atoms. The highest BCUT2D eigenvalue weighted by atomic mass is 16.5. The van der Waals surface area contributed by atoms with Crippen LogP contribution in [0.4, 0.5) is 0 Å². The van der Waals surface area contributed by atoms with Gasteiger partial charge >= 0.3 is 5.97 Å². The molecule has 1 saturated heterocycles. The van der Waals surface area contributed by atoms with E-state index in [1.807, 2.05) is 0 Å². The molecule has 35 heavy (non-hydrogen) atoms. The van der Waals surface area contributed by atoms with Gasteiger partial charge in [0, 0.05) is 38.6 Å². The van der Waals surface area contributed by atoms with Gasteiger partial charge in [0.25, 0.3) is 0 Å². The maximum Gasteiger partial charge on any atom is 0.305 e. The van der Waals surface area contributed by atoms with Crippen molar-refractivity contribution in [2.75, 3.05) is 41.0 Å². The number of piperidine rings is 1. The monoisotopic (exact) mass is 480 g/mol. The number of carbonyl (C=O) groups is 1. The van der Waals surface area contributed by atoms with Crippen LogP contribution in [0.3, 0.4) is 0 Å². The first kappa shape index (κ1) is 25.5. The molecule has 6 heteroatoms. The number of fused-ring (bicyclic) bond motifs is 1. The highest BCUT2D eigenvalue weighted by Crippen LogP contribution is 2.36. The molecule has 0 N–H and O–H groups in total. The van der Waals surface area contributed by atoms with E-state index in [9.17, 15) is 4.79 Å². The van der Waals surface area contributed by atoms with Crippen molar-refractivity contribution >= 4 is 5.97 Å². The van der Waals surface area contributed by atoms with E-state index in [4.69, 9.17) is 14.2 Å². The molecule has 2 atom stereocenters. The number of nitrogens with zero attached hydrogens (tertiary/aromatic N) is 2. The molecule has 0 spiro atoms. The molecule has 2 aliphatic rings. The number of aryl methyl sites for hydroxylation is 2. The van der Waals surface area contributed by atoms with Crippen LogP contribution in [-0.4, -0.2) is 62.8 Å². The summed E-state index contributed by atoms with van der Waals surface area (Å²) in [4.78, 5) is 17.2. The van der Waals surface area contributed by atoms with Gasteiger partial charge in [-0.15, -0.1) is 0 Å². The largest absolute Gasteiger partial charge is 0.493 e. The van der Waals surface area contributed by atoms with Gasteiger partial charge in [-0.05, 0) is 80.0 Å². The summed E-state index contributed by atoms with van der Waals surface area (Å²) in [6.45, 7) is 9.33. The van der Waals surface area contributed by atoms with E-state index in [1.54, 1.807) is 14.2 Å². The zero-order chi connectivity index (χ0) is 24.9. The van der Waals surface area contributed by atoms with Crippen molar-refractivity contribution < 1.29 is 19.0 Å². The lowest BCUT2D eigenvalue weighted by Gasteiger charge is -2.45. The molecule has 1 fully saturated rings. The molecule has 0 radical (unpaired) electrons. The highest BCUT2D eigenvalue weighted by molar-refractivity contribution is 5.69. The summed E-state index contributed by atoms with van der Waals surface area (Å²) < 4.78 is 16.1. The maximum atomic E-state index is 12.0. The molecule has 2 aliphatic heterocycles. The van der Waals surface area contributed by atoms with Crippen LogP contribution >= 0.6 is 0 Å². The number of carbonyl (C=O) groups excluding carboxylic acids is 1. The summed E-state index contributed by atoms with van der Waals surface area (Å²) in [5, 5.41) is 0. The van der Waals surface area contributed by atoms with Gasteiger partial charge in [-0.2, -0.15) is 0 Å². The van der Waals surface area contributed by atoms with Crippen LogP contribution in [0.1, 0.15) is 47.1 Å². The molecule has 0 saturated carbocycles. The van der Waals surface area contributed by atoms with Gasteiger partial charge in [0.1, 0.15) is 0 Å². The fourth-order valence-electron chi connectivity index (χ4n) is 5.86. The van der Waals surface area contributed by atoms with E-state index in [1.165, 1.54) is 34.9 Å². The normalized spacial score (nSPS) is 20.8. The Bertz CT molecular complexity index is 1040. The van der Waals surface area contributed by atoms with Crippen molar-refractivity contribution in [3.05, 3.63) is 58.1 Å². The Kier molecular flexibility index (Phi) is 8.34. The first-order valence-electron chi connectivity index (χ1n) is 12.7. The molecule has 4 rings (SSSR count). The number of hydrogen-bond donors (Lipinski definition) is 0. The van der Waals surface area contributed by atoms with Crippen molar-refractivity contribution in [3.8, 4) is 11.5 Å². The summed E-state index contributed by atoms with van der Waals surface area (Å²) in [7, 11) is 4.87. The van der Waals surface area contributed by atoms with Gasteiger partial charge in [-0.3, -0.25) is 14.6 Å². The fourth-order valence-corrected chi connectivity index (χ4v) is 5.86. The Hall–Kier alpha value is -2.57. The molecular formula is C29H40N2O4. The second kappa shape index (κ2) is 11.4. The lowest BCUT2D eigenvalue weighted by atomic mass is 9.85. The van der Waals surface area contributed by atoms with Crippen molar-refractivity contribution in [2.24, 2.45) is 5.92 Å². The van der Waals surface area contributed by atoms with E-state index in [-0.39, 0.29) is 5.97 Å². The maximum absolute atomic E-state index is 12.0. The minimum Gasteiger partial charge on any atom is -0.493 e. The van der Waals surface area contributed by atoms with E-state index < -0.39 is 0 Å². The van der Waals surface area contributed by atoms with Gasteiger partial charge in [-0.25, -0.2) is 0 Å². The second-order valence-corrected chi connectivity index (χ2v) is 10.1. The van der Waals surface area contributed by atoms with Crippen LogP contribution in [0.25, 0.3) is 0 Å². The molecule has 2 aromatic rings. The van der Waals surface area contributed by atoms with Crippen molar-refractivity contribution in [1.82, 2.24) is 9.80 Å². The summed E-state index contributed by atoms with van der Waals surface area (Å²) in [5.41, 5.74) is 6.72. The summed E-state index contributed by atoms with van der Waals surface area (Å²) >= 11 is 0. The molecule has 6 nitrogen and oxygen atoms in total. The number of rotatable bonds is 8. The third-order valence-corrected chi connectivity index (χ3v) is 7.83. The zero-order valence-electron chi connectivity index (χ0n) is 21.9. The first-order valence-corrected chi connectivity index (χ1v) is 12.7. The molecule has 2 heterocycles. The van der Waals surface area contributed by atoms with Gasteiger partial charge in [-0.1, -0.05) is 23.8 Å². The smallest absolute Gasteiger partial charge is 0.305 e. The number of benzene rings is 2. The van der Waals surface area contributed by atoms with Crippen LogP contribution in [0, 0.1) is 19.8 Å². The third-order valence-electron chi connectivity index (χ3n) is 7.83. The van der Waals surface area contributed by atoms with E-state index in [2.05, 4.69) is 54.0 Å². The number of likely N-dealkylation sites (tertiary alicyclic amines) is 1. The van der Waals surface area contributed by atoms with Crippen molar-refractivity contribution in [2.45, 2.75) is 58.7 Å². The fraction of sp³-hybridized carbons (Fsp3) is 0.552. The molecule has 0 unspecified atom stereocenters. The SMILES string of the molecule is COC(=O)CC[C@H]1CN(Cc2ccc(C)cc2C)CC[C@H]1N1CCc2cc(OC)c(OC)cc2C1. The predicted octanol–water partition coefficient (Wildman–Crippen LogP) is 4.52. The van der Waals surface area contributed by atoms with Crippen LogP contribution in [-0.2, 0) is 29.0 Å². The Balaban J connectivity index is 1.49. The van der Waals surface area contributed by atoms with E-state index in [0.717, 1.165) is 63.5 Å². The van der Waals surface area contributed by atoms with Gasteiger partial charge < -0.3 is 14.2 Å². The third kappa shape index (κ3) is 5.99. The van der Waals surface area contributed by atoms with Crippen LogP contribution < -0.4 is 9.47 Å². The van der Waals surface area contributed by atoms with E-state index >= 15 is 0 Å². The first-order chi connectivity index (χ1) is 16.9. The van der Waals surface area contributed by atoms with E-state index in [0.29, 0.717) is 18.4 Å². The number of esters is 1. The molecule has 0 amide bonds. The molecule has 0 aliphatic carbocycles. The average molecular weight is 481 g/mol. The van der Waals surface area contributed by atoms with Crippen molar-refractivity contribution in [3.63, 3.8) is 0 Å². The number of hydrogen-bond acceptors (Lipinski definition) is 6. The topological polar surface area (TPSA) is 51.2 Å². The quantitative estimate of drug-likeness (QED) is 0.518. The van der Waals surface area contributed by atoms with Gasteiger partial charge in [0.15, 0.2) is 11.5 Å². The lowest BCUT2D eigenvalue weighted by Crippen LogP contribution is -2.52. The molecular weight excluding hydrogens is 440 g/mol. The Morgan fingerprint density at radius 3 is 2.43 bits per heavy atom. The van der Waals surface area contributed by atoms with Crippen LogP contribution in [0.15, 0.2) is 30.3 Å². The molecule has 2 aromatic carbocycles. The lowest BCUT2D eigenvalue weighted by molar-refractivity contribution is -0.141. The number of ether oxygens (including phenoxy) is 3. The average Bonchev–Trinajstić information content (AvgIpc) is 2.87. The standard InChI is InChI=1S/C29H40N2O4/c1-20-6-7-23(21(2)14-20)17-30-12-11-26(24(18-30)8-9-29(32)35-5)31-13-10-22-15-27(33-3)28(34-4)16-25(22)19-31/h6-7,14-16,24,26H,8-13,17-19H2,1-5H3/t24-,26+/m0/s1. The predicted molar refractivity (Wildman–Crippen MR) is 138 cm³/mol. The van der Waals surface area contributed by atoms with Crippen molar-refractivity contribution in [1.29, 1.82) is 0 Å². The second-order valence-electron chi connectivity index (χ2n) is 10.1. The molecule has 190 valence electrons. The van der Waals surface area contributed by atoms with Gasteiger partial charge in [0.05, 0.1) is 21.3 Å². The minimum absolute atomic E-state index is 0.115. The van der Waals surface area contributed by atoms with Crippen LogP contribution in [0.5, 0.6) is 11.5 Å². The van der Waals surface area contributed by atoms with Crippen LogP contribution in [0.2, 0.25) is 0 Å². The summed E-state index contributed by atoms with van der Waals surface area (Å²) in [6.07, 6.45) is 3.45. The Morgan fingerprint density at radius 2 is 1.74 bits per heavy atom. The van der Waals surface area contributed by atoms with Gasteiger partial charge in [0.2, 0.25) is 0 Å². The summed E-state index contributed by atoms with van der Waals surface area (Å²) in [6, 6.07) is 11.5. The molecule has 0 aromatic heterocycles. The minimum atomic E-state index is -0.115. The Morgan fingerprint density at radius 1 is 1.00 bits per heavy atom.